The molecule has 0 amide bonds. The van der Waals surface area contributed by atoms with E-state index in [1.54, 1.807) is 18.3 Å². The van der Waals surface area contributed by atoms with E-state index in [-0.39, 0.29) is 6.61 Å². The van der Waals surface area contributed by atoms with Gasteiger partial charge in [-0.15, -0.1) is 32.9 Å². The number of carbonyl (C=O) groups excluding carboxylic acids is 1. The molecule has 1 fully saturated rings. The number of nitrogens with two attached hydrogens (primary N) is 1. The van der Waals surface area contributed by atoms with E-state index in [0.717, 1.165) is 41.6 Å². The summed E-state index contributed by atoms with van der Waals surface area (Å²) in [6.07, 6.45) is 2.99. The van der Waals surface area contributed by atoms with Crippen LogP contribution in [-0.2, 0) is 16.9 Å². The standard InChI is InChI=1S/C19H19N5O2S3/c1-2-26-18(25)16-14(13(9-20)17(21)29-16)10-28-19-23-22-15(24(19)11-5-6-11)8-12-4-3-7-27-12/h3-4,7,11H,2,5-6,8,10,21H2,1H3. The molecule has 0 radical (unpaired) electrons. The molecular formula is C19H19N5O2S3. The van der Waals surface area contributed by atoms with Gasteiger partial charge in [0, 0.05) is 28.7 Å². The number of carbonyl (C=O) groups is 1. The molecule has 4 rings (SSSR count). The van der Waals surface area contributed by atoms with Crippen LogP contribution in [0.5, 0.6) is 0 Å². The maximum atomic E-state index is 12.3. The smallest absolute Gasteiger partial charge is 0.348 e. The van der Waals surface area contributed by atoms with E-state index >= 15 is 0 Å². The second kappa shape index (κ2) is 8.57. The molecule has 3 aromatic rings. The van der Waals surface area contributed by atoms with Crippen LogP contribution in [0.3, 0.4) is 0 Å². The Balaban J connectivity index is 1.59. The fraction of sp³-hybridized carbons (Fsp3) is 0.368. The molecular weight excluding hydrogens is 426 g/mol. The van der Waals surface area contributed by atoms with Crippen LogP contribution in [0.25, 0.3) is 0 Å². The van der Waals surface area contributed by atoms with Crippen molar-refractivity contribution in [3.63, 3.8) is 0 Å². The van der Waals surface area contributed by atoms with E-state index in [9.17, 15) is 10.1 Å². The molecule has 0 atom stereocenters. The summed E-state index contributed by atoms with van der Waals surface area (Å²) in [6, 6.07) is 6.69. The number of thioether (sulfide) groups is 1. The van der Waals surface area contributed by atoms with Gasteiger partial charge in [-0.05, 0) is 31.2 Å². The van der Waals surface area contributed by atoms with Crippen molar-refractivity contribution >= 4 is 45.4 Å². The van der Waals surface area contributed by atoms with Crippen LogP contribution in [0.1, 0.15) is 57.3 Å². The minimum absolute atomic E-state index is 0.271. The molecule has 0 aromatic carbocycles. The molecule has 0 saturated heterocycles. The number of nitrogens with zero attached hydrogens (tertiary/aromatic N) is 4. The first kappa shape index (κ1) is 19.9. The molecule has 1 aliphatic rings. The minimum Gasteiger partial charge on any atom is -0.462 e. The van der Waals surface area contributed by atoms with Crippen LogP contribution in [0.15, 0.2) is 22.7 Å². The van der Waals surface area contributed by atoms with E-state index < -0.39 is 5.97 Å². The monoisotopic (exact) mass is 445 g/mol. The highest BCUT2D eigenvalue weighted by molar-refractivity contribution is 7.98. The summed E-state index contributed by atoms with van der Waals surface area (Å²) in [7, 11) is 0. The third kappa shape index (κ3) is 4.17. The van der Waals surface area contributed by atoms with E-state index in [1.165, 1.54) is 16.6 Å². The van der Waals surface area contributed by atoms with Gasteiger partial charge < -0.3 is 15.0 Å². The zero-order valence-electron chi connectivity index (χ0n) is 15.8. The molecule has 0 unspecified atom stereocenters. The van der Waals surface area contributed by atoms with Gasteiger partial charge in [0.1, 0.15) is 21.8 Å². The van der Waals surface area contributed by atoms with Gasteiger partial charge in [0.15, 0.2) is 5.16 Å². The number of aromatic nitrogens is 3. The SMILES string of the molecule is CCOC(=O)c1sc(N)c(C#N)c1CSc1nnc(Cc2cccs2)n1C1CC1. The summed E-state index contributed by atoms with van der Waals surface area (Å²) >= 11 is 4.29. The lowest BCUT2D eigenvalue weighted by atomic mass is 10.2. The van der Waals surface area contributed by atoms with Crippen LogP contribution in [-0.4, -0.2) is 27.3 Å². The number of ether oxygens (including phenoxy) is 1. The van der Waals surface area contributed by atoms with Gasteiger partial charge in [0.2, 0.25) is 0 Å². The van der Waals surface area contributed by atoms with E-state index in [1.807, 2.05) is 6.07 Å². The normalized spacial score (nSPS) is 13.4. The van der Waals surface area contributed by atoms with Gasteiger partial charge in [-0.2, -0.15) is 5.26 Å². The molecule has 1 aliphatic carbocycles. The molecule has 3 aromatic heterocycles. The predicted molar refractivity (Wildman–Crippen MR) is 114 cm³/mol. The van der Waals surface area contributed by atoms with Crippen molar-refractivity contribution in [3.8, 4) is 6.07 Å². The maximum absolute atomic E-state index is 12.3. The number of rotatable bonds is 8. The van der Waals surface area contributed by atoms with E-state index in [4.69, 9.17) is 10.5 Å². The van der Waals surface area contributed by atoms with Crippen molar-refractivity contribution in [2.75, 3.05) is 12.3 Å². The second-order valence-corrected chi connectivity index (χ2v) is 9.55. The Morgan fingerprint density at radius 3 is 2.97 bits per heavy atom. The summed E-state index contributed by atoms with van der Waals surface area (Å²) in [5.74, 6) is 0.922. The van der Waals surface area contributed by atoms with Crippen LogP contribution in [0.2, 0.25) is 0 Å². The lowest BCUT2D eigenvalue weighted by Crippen LogP contribution is -2.06. The maximum Gasteiger partial charge on any atom is 0.348 e. The summed E-state index contributed by atoms with van der Waals surface area (Å²) in [5, 5.41) is 21.5. The largest absolute Gasteiger partial charge is 0.462 e. The summed E-state index contributed by atoms with van der Waals surface area (Å²) < 4.78 is 7.34. The lowest BCUT2D eigenvalue weighted by Gasteiger charge is -2.09. The molecule has 0 aliphatic heterocycles. The highest BCUT2D eigenvalue weighted by Crippen LogP contribution is 2.41. The van der Waals surface area contributed by atoms with Crippen molar-refractivity contribution in [1.82, 2.24) is 14.8 Å². The van der Waals surface area contributed by atoms with E-state index in [2.05, 4.69) is 32.3 Å². The Hall–Kier alpha value is -2.35. The van der Waals surface area contributed by atoms with Crippen LogP contribution in [0.4, 0.5) is 5.00 Å². The molecule has 29 heavy (non-hydrogen) atoms. The second-order valence-electron chi connectivity index (χ2n) is 6.53. The molecule has 2 N–H and O–H groups in total. The first-order valence-corrected chi connectivity index (χ1v) is 11.9. The molecule has 150 valence electrons. The fourth-order valence-electron chi connectivity index (χ4n) is 3.04. The topological polar surface area (TPSA) is 107 Å². The Labute approximate surface area is 180 Å². The molecule has 7 nitrogen and oxygen atoms in total. The van der Waals surface area contributed by atoms with Crippen molar-refractivity contribution < 1.29 is 9.53 Å². The number of nitriles is 1. The van der Waals surface area contributed by atoms with Crippen molar-refractivity contribution in [1.29, 1.82) is 5.26 Å². The third-order valence-corrected chi connectivity index (χ3v) is 7.40. The molecule has 1 saturated carbocycles. The Morgan fingerprint density at radius 2 is 2.31 bits per heavy atom. The molecule has 3 heterocycles. The highest BCUT2D eigenvalue weighted by Gasteiger charge is 2.30. The molecule has 0 bridgehead atoms. The summed E-state index contributed by atoms with van der Waals surface area (Å²) in [5.41, 5.74) is 6.93. The number of esters is 1. The Kier molecular flexibility index (Phi) is 5.89. The first-order valence-electron chi connectivity index (χ1n) is 9.19. The number of hydrogen-bond acceptors (Lipinski definition) is 9. The van der Waals surface area contributed by atoms with Gasteiger partial charge in [0.05, 0.1) is 12.2 Å². The number of anilines is 1. The highest BCUT2D eigenvalue weighted by atomic mass is 32.2. The summed E-state index contributed by atoms with van der Waals surface area (Å²) in [4.78, 5) is 13.9. The quantitative estimate of drug-likeness (QED) is 0.408. The van der Waals surface area contributed by atoms with Crippen molar-refractivity contribution in [2.45, 2.75) is 43.1 Å². The van der Waals surface area contributed by atoms with Gasteiger partial charge in [-0.3, -0.25) is 0 Å². The van der Waals surface area contributed by atoms with E-state index in [0.29, 0.717) is 32.8 Å². The van der Waals surface area contributed by atoms with Gasteiger partial charge in [0.25, 0.3) is 0 Å². The number of nitrogen functional groups attached to an aromatic ring is 1. The van der Waals surface area contributed by atoms with Gasteiger partial charge in [-0.25, -0.2) is 4.79 Å². The van der Waals surface area contributed by atoms with Crippen molar-refractivity contribution in [3.05, 3.63) is 44.2 Å². The molecule has 0 spiro atoms. The number of thiophene rings is 2. The van der Waals surface area contributed by atoms with Gasteiger partial charge in [-0.1, -0.05) is 17.8 Å². The van der Waals surface area contributed by atoms with Gasteiger partial charge >= 0.3 is 5.97 Å². The number of hydrogen-bond donors (Lipinski definition) is 1. The first-order chi connectivity index (χ1) is 14.1. The Bertz CT molecular complexity index is 1060. The van der Waals surface area contributed by atoms with Crippen LogP contribution >= 0.6 is 34.4 Å². The van der Waals surface area contributed by atoms with Crippen molar-refractivity contribution in [2.24, 2.45) is 0 Å². The zero-order valence-corrected chi connectivity index (χ0v) is 18.2. The molecule has 10 heteroatoms. The summed E-state index contributed by atoms with van der Waals surface area (Å²) in [6.45, 7) is 2.02. The average molecular weight is 446 g/mol. The van der Waals surface area contributed by atoms with Crippen LogP contribution < -0.4 is 5.73 Å². The third-order valence-electron chi connectivity index (χ3n) is 4.51. The predicted octanol–water partition coefficient (Wildman–Crippen LogP) is 4.25. The zero-order chi connectivity index (χ0) is 20.4. The average Bonchev–Trinajstić information content (AvgIpc) is 3.12. The van der Waals surface area contributed by atoms with Crippen LogP contribution in [0, 0.1) is 11.3 Å². The Morgan fingerprint density at radius 1 is 1.48 bits per heavy atom. The fourth-order valence-corrected chi connectivity index (χ4v) is 5.82. The lowest BCUT2D eigenvalue weighted by molar-refractivity contribution is 0.0531. The minimum atomic E-state index is -0.441.